The number of carboxylic acid groups (broad SMARTS) is 1. The number of ether oxygens (including phenoxy) is 1. The molecule has 0 radical (unpaired) electrons. The van der Waals surface area contributed by atoms with Crippen LogP contribution in [0.2, 0.25) is 0 Å². The lowest BCUT2D eigenvalue weighted by Gasteiger charge is -2.19. The van der Waals surface area contributed by atoms with E-state index in [9.17, 15) is 14.7 Å². The molecule has 3 rings (SSSR count). The minimum Gasteiger partial charge on any atom is -0.490 e. The number of hydrogen-bond donors (Lipinski definition) is 1. The molecule has 0 saturated heterocycles. The number of carboxylic acids is 1. The van der Waals surface area contributed by atoms with Crippen LogP contribution in [0.1, 0.15) is 48.6 Å². The topological polar surface area (TPSA) is 80.0 Å². The lowest BCUT2D eigenvalue weighted by Crippen LogP contribution is -2.28. The minimum absolute atomic E-state index is 0.158. The van der Waals surface area contributed by atoms with Crippen LogP contribution in [0.25, 0.3) is 10.8 Å². The number of aliphatic carboxylic acids is 1. The van der Waals surface area contributed by atoms with Gasteiger partial charge in [-0.15, -0.1) is 0 Å². The van der Waals surface area contributed by atoms with E-state index >= 15 is 0 Å². The van der Waals surface area contributed by atoms with Gasteiger partial charge in [0.2, 0.25) is 5.78 Å². The van der Waals surface area contributed by atoms with Crippen LogP contribution in [0.3, 0.4) is 0 Å². The van der Waals surface area contributed by atoms with Crippen molar-refractivity contribution in [1.29, 1.82) is 0 Å². The normalized spacial score (nSPS) is 12.3. The van der Waals surface area contributed by atoms with Crippen LogP contribution in [-0.4, -0.2) is 48.0 Å². The summed E-state index contributed by atoms with van der Waals surface area (Å²) in [5.41, 5.74) is 0.476. The third kappa shape index (κ3) is 5.28. The van der Waals surface area contributed by atoms with Gasteiger partial charge < -0.3 is 19.2 Å². The molecule has 0 aliphatic carbocycles. The van der Waals surface area contributed by atoms with Gasteiger partial charge in [0, 0.05) is 22.9 Å². The summed E-state index contributed by atoms with van der Waals surface area (Å²) in [6, 6.07) is 10.8. The molecule has 0 amide bonds. The SMILES string of the molecule is CCN(CC)CCOc1c(I)cc(C(=O)c2oc(C(C)C(=O)O)c3ccccc23)cc1I. The summed E-state index contributed by atoms with van der Waals surface area (Å²) >= 11 is 4.36. The third-order valence-electron chi connectivity index (χ3n) is 5.43. The van der Waals surface area contributed by atoms with Gasteiger partial charge in [0.05, 0.1) is 7.14 Å². The first-order valence-corrected chi connectivity index (χ1v) is 12.6. The average molecular weight is 661 g/mol. The van der Waals surface area contributed by atoms with Gasteiger partial charge in [0.1, 0.15) is 24.0 Å². The molecule has 2 aromatic carbocycles. The Kier molecular flexibility index (Phi) is 8.56. The van der Waals surface area contributed by atoms with Crippen LogP contribution in [0, 0.1) is 7.14 Å². The predicted molar refractivity (Wildman–Crippen MR) is 141 cm³/mol. The maximum absolute atomic E-state index is 13.4. The first-order valence-electron chi connectivity index (χ1n) is 10.4. The number of furan rings is 1. The van der Waals surface area contributed by atoms with E-state index in [1.54, 1.807) is 37.3 Å². The Morgan fingerprint density at radius 1 is 1.09 bits per heavy atom. The van der Waals surface area contributed by atoms with Crippen LogP contribution in [0.15, 0.2) is 40.8 Å². The first kappa shape index (κ1) is 25.0. The lowest BCUT2D eigenvalue weighted by molar-refractivity contribution is -0.138. The van der Waals surface area contributed by atoms with Crippen molar-refractivity contribution in [3.05, 3.63) is 60.6 Å². The smallest absolute Gasteiger partial charge is 0.313 e. The van der Waals surface area contributed by atoms with Crippen molar-refractivity contribution < 1.29 is 23.8 Å². The van der Waals surface area contributed by atoms with Gasteiger partial charge in [-0.1, -0.05) is 38.1 Å². The van der Waals surface area contributed by atoms with E-state index in [0.717, 1.165) is 32.5 Å². The van der Waals surface area contributed by atoms with E-state index in [2.05, 4.69) is 63.9 Å². The number of halogens is 2. The van der Waals surface area contributed by atoms with Crippen LogP contribution < -0.4 is 4.74 Å². The van der Waals surface area contributed by atoms with Crippen molar-refractivity contribution in [3.8, 4) is 5.75 Å². The maximum Gasteiger partial charge on any atom is 0.313 e. The summed E-state index contributed by atoms with van der Waals surface area (Å²) in [7, 11) is 0. The summed E-state index contributed by atoms with van der Waals surface area (Å²) in [4.78, 5) is 27.2. The van der Waals surface area contributed by atoms with Crippen molar-refractivity contribution in [2.24, 2.45) is 0 Å². The number of ketones is 1. The van der Waals surface area contributed by atoms with Gasteiger partial charge in [0.15, 0.2) is 5.76 Å². The van der Waals surface area contributed by atoms with Gasteiger partial charge in [-0.2, -0.15) is 0 Å². The van der Waals surface area contributed by atoms with Gasteiger partial charge in [-0.25, -0.2) is 0 Å². The average Bonchev–Trinajstić information content (AvgIpc) is 3.16. The number of likely N-dealkylation sites (N-methyl/N-ethyl adjacent to an activating group) is 1. The number of carbonyl (C=O) groups excluding carboxylic acids is 1. The van der Waals surface area contributed by atoms with E-state index in [4.69, 9.17) is 9.15 Å². The van der Waals surface area contributed by atoms with E-state index in [1.165, 1.54) is 0 Å². The van der Waals surface area contributed by atoms with E-state index in [0.29, 0.717) is 22.9 Å². The highest BCUT2D eigenvalue weighted by Gasteiger charge is 2.27. The number of carbonyl (C=O) groups is 2. The Labute approximate surface area is 214 Å². The molecule has 8 heteroatoms. The van der Waals surface area contributed by atoms with Crippen molar-refractivity contribution in [2.45, 2.75) is 26.7 Å². The maximum atomic E-state index is 13.4. The molecule has 6 nitrogen and oxygen atoms in total. The van der Waals surface area contributed by atoms with Gasteiger partial charge in [-0.05, 0) is 77.3 Å². The summed E-state index contributed by atoms with van der Waals surface area (Å²) < 4.78 is 13.6. The van der Waals surface area contributed by atoms with Crippen molar-refractivity contribution in [3.63, 3.8) is 0 Å². The second-order valence-corrected chi connectivity index (χ2v) is 9.70. The Morgan fingerprint density at radius 3 is 2.25 bits per heavy atom. The summed E-state index contributed by atoms with van der Waals surface area (Å²) in [6.07, 6.45) is 0. The molecule has 1 unspecified atom stereocenters. The monoisotopic (exact) mass is 661 g/mol. The zero-order valence-corrected chi connectivity index (χ0v) is 22.5. The highest BCUT2D eigenvalue weighted by Crippen LogP contribution is 2.35. The van der Waals surface area contributed by atoms with Gasteiger partial charge in [0.25, 0.3) is 0 Å². The van der Waals surface area contributed by atoms with E-state index < -0.39 is 11.9 Å². The third-order valence-corrected chi connectivity index (χ3v) is 7.03. The summed E-state index contributed by atoms with van der Waals surface area (Å²) in [5.74, 6) is -0.931. The number of fused-ring (bicyclic) bond motifs is 1. The lowest BCUT2D eigenvalue weighted by atomic mass is 10.0. The highest BCUT2D eigenvalue weighted by atomic mass is 127. The fourth-order valence-corrected chi connectivity index (χ4v) is 5.57. The molecule has 1 aromatic heterocycles. The number of rotatable bonds is 10. The fourth-order valence-electron chi connectivity index (χ4n) is 3.49. The molecule has 1 atom stereocenters. The van der Waals surface area contributed by atoms with Crippen LogP contribution in [0.4, 0.5) is 0 Å². The van der Waals surface area contributed by atoms with E-state index in [1.807, 2.05) is 6.07 Å². The van der Waals surface area contributed by atoms with Crippen LogP contribution in [0.5, 0.6) is 5.75 Å². The molecular weight excluding hydrogens is 636 g/mol. The molecule has 1 N–H and O–H groups in total. The summed E-state index contributed by atoms with van der Waals surface area (Å²) in [6.45, 7) is 9.15. The molecule has 0 aliphatic rings. The molecule has 0 bridgehead atoms. The molecule has 0 saturated carbocycles. The van der Waals surface area contributed by atoms with E-state index in [-0.39, 0.29) is 17.3 Å². The molecule has 0 aliphatic heterocycles. The summed E-state index contributed by atoms with van der Waals surface area (Å²) in [5, 5.41) is 10.7. The fraction of sp³-hybridized carbons (Fsp3) is 0.333. The highest BCUT2D eigenvalue weighted by molar-refractivity contribution is 14.1. The largest absolute Gasteiger partial charge is 0.490 e. The number of benzene rings is 2. The number of hydrogen-bond acceptors (Lipinski definition) is 5. The number of nitrogens with zero attached hydrogens (tertiary/aromatic N) is 1. The Morgan fingerprint density at radius 2 is 1.69 bits per heavy atom. The molecule has 32 heavy (non-hydrogen) atoms. The predicted octanol–water partition coefficient (Wildman–Crippen LogP) is 5.78. The van der Waals surface area contributed by atoms with Crippen molar-refractivity contribution >= 4 is 67.7 Å². The quantitative estimate of drug-likeness (QED) is 0.219. The van der Waals surface area contributed by atoms with Crippen LogP contribution in [-0.2, 0) is 4.79 Å². The zero-order valence-electron chi connectivity index (χ0n) is 18.2. The second-order valence-electron chi connectivity index (χ2n) is 7.37. The Balaban J connectivity index is 1.92. The Hall–Kier alpha value is -1.66. The molecule has 0 spiro atoms. The molecule has 3 aromatic rings. The molecule has 0 fully saturated rings. The molecular formula is C24H25I2NO5. The first-order chi connectivity index (χ1) is 15.3. The van der Waals surface area contributed by atoms with Crippen LogP contribution >= 0.6 is 45.2 Å². The standard InChI is InChI=1S/C24H25I2NO5/c1-4-27(5-2)10-11-31-23-18(25)12-15(13-19(23)26)20(28)22-17-9-7-6-8-16(17)21(32-22)14(3)24(29)30/h6-9,12-14H,4-5,10-11H2,1-3H3,(H,29,30). The van der Waals surface area contributed by atoms with Gasteiger partial charge in [-0.3, -0.25) is 9.59 Å². The second kappa shape index (κ2) is 11.0. The molecule has 1 heterocycles. The van der Waals surface area contributed by atoms with Crippen molar-refractivity contribution in [1.82, 2.24) is 4.90 Å². The zero-order chi connectivity index (χ0) is 23.4. The molecule has 170 valence electrons. The van der Waals surface area contributed by atoms with Gasteiger partial charge >= 0.3 is 5.97 Å². The van der Waals surface area contributed by atoms with Crippen molar-refractivity contribution in [2.75, 3.05) is 26.2 Å². The Bertz CT molecular complexity index is 1110. The minimum atomic E-state index is -1.00.